The van der Waals surface area contributed by atoms with Crippen LogP contribution in [0.15, 0.2) is 54.6 Å². The number of fused-ring (bicyclic) bond motifs is 1. The predicted molar refractivity (Wildman–Crippen MR) is 222 cm³/mol. The van der Waals surface area contributed by atoms with E-state index in [1.807, 2.05) is 55.5 Å². The van der Waals surface area contributed by atoms with Gasteiger partial charge in [-0.3, -0.25) is 19.1 Å². The summed E-state index contributed by atoms with van der Waals surface area (Å²) in [5.74, 6) is -0.777. The van der Waals surface area contributed by atoms with Crippen molar-refractivity contribution in [1.82, 2.24) is 25.2 Å². The van der Waals surface area contributed by atoms with Crippen LogP contribution in [0.1, 0.15) is 99.8 Å². The molecule has 1 spiro atoms. The standard InChI is InChI=1S/C44H57N5O9S/c1-9-17-43(20-21-43)59(54,55)48-38(52)44(26-42(44)18-19-42)47-36(50)33-23-29(25-49(33)37(51)35(40(2,3)4)46-39(53)58-41(5,6)7)57-34-24-31(27-13-11-10-12-14-27)45-32-22-28(56-8)15-16-30(32)34/h10-16,22,24,29,33,35H,9,17-21,23,25-26H2,1-8H3,(H,46,53)(H,47,50)(H,48,52). The Morgan fingerprint density at radius 3 is 2.24 bits per heavy atom. The second-order valence-electron chi connectivity index (χ2n) is 18.9. The first-order valence-corrected chi connectivity index (χ1v) is 22.0. The number of amides is 4. The van der Waals surface area contributed by atoms with Gasteiger partial charge in [0.05, 0.1) is 29.6 Å². The van der Waals surface area contributed by atoms with E-state index in [-0.39, 0.29) is 13.0 Å². The molecule has 2 aromatic carbocycles. The van der Waals surface area contributed by atoms with Gasteiger partial charge >= 0.3 is 6.09 Å². The van der Waals surface area contributed by atoms with Gasteiger partial charge in [-0.2, -0.15) is 0 Å². The molecule has 14 nitrogen and oxygen atoms in total. The smallest absolute Gasteiger partial charge is 0.408 e. The van der Waals surface area contributed by atoms with Crippen LogP contribution in [0.2, 0.25) is 0 Å². The molecule has 15 heteroatoms. The van der Waals surface area contributed by atoms with Crippen LogP contribution in [0.5, 0.6) is 11.5 Å². The van der Waals surface area contributed by atoms with Crippen LogP contribution < -0.4 is 24.8 Å². The zero-order chi connectivity index (χ0) is 42.8. The van der Waals surface area contributed by atoms with Crippen molar-refractivity contribution < 1.29 is 41.8 Å². The molecule has 1 aromatic heterocycles. The van der Waals surface area contributed by atoms with Crippen molar-refractivity contribution in [3.05, 3.63) is 54.6 Å². The zero-order valence-electron chi connectivity index (χ0n) is 35.3. The number of carbonyl (C=O) groups excluding carboxylic acids is 4. The van der Waals surface area contributed by atoms with Gasteiger partial charge in [0.25, 0.3) is 5.91 Å². The zero-order valence-corrected chi connectivity index (χ0v) is 36.1. The molecule has 4 amide bonds. The molecule has 1 aliphatic heterocycles. The number of ether oxygens (including phenoxy) is 3. The SMILES string of the molecule is CCCC1(S(=O)(=O)NC(=O)C2(NC(=O)C3CC(Oc4cc(-c5ccccc5)nc5cc(OC)ccc45)CN3C(=O)C(NC(=O)OC(C)(C)C)C(C)(C)C)CC23CC3)CC1. The first-order valence-electron chi connectivity index (χ1n) is 20.6. The maximum atomic E-state index is 14.8. The van der Waals surface area contributed by atoms with Gasteiger partial charge in [0.2, 0.25) is 21.8 Å². The molecule has 0 radical (unpaired) electrons. The quantitative estimate of drug-likeness (QED) is 0.184. The molecule has 0 bridgehead atoms. The summed E-state index contributed by atoms with van der Waals surface area (Å²) in [4.78, 5) is 63.0. The van der Waals surface area contributed by atoms with Crippen molar-refractivity contribution in [3.8, 4) is 22.8 Å². The number of aromatic nitrogens is 1. The van der Waals surface area contributed by atoms with Crippen LogP contribution in [-0.4, -0.2) is 89.8 Å². The molecule has 3 aromatic rings. The molecular formula is C44H57N5O9S. The minimum Gasteiger partial charge on any atom is -0.497 e. The first kappa shape index (κ1) is 42.2. The lowest BCUT2D eigenvalue weighted by Gasteiger charge is -2.36. The molecule has 3 N–H and O–H groups in total. The van der Waals surface area contributed by atoms with Gasteiger partial charge in [-0.25, -0.2) is 18.2 Å². The number of sulfonamides is 1. The highest BCUT2D eigenvalue weighted by atomic mass is 32.2. The Hall–Kier alpha value is -4.92. The fourth-order valence-corrected chi connectivity index (χ4v) is 10.3. The lowest BCUT2D eigenvalue weighted by Crippen LogP contribution is -2.60. The highest BCUT2D eigenvalue weighted by Crippen LogP contribution is 2.73. The van der Waals surface area contributed by atoms with Crippen molar-refractivity contribution >= 4 is 44.7 Å². The molecule has 3 saturated carbocycles. The van der Waals surface area contributed by atoms with Gasteiger partial charge in [-0.1, -0.05) is 64.4 Å². The van der Waals surface area contributed by atoms with Crippen LogP contribution in [0.3, 0.4) is 0 Å². The third-order valence-electron chi connectivity index (χ3n) is 12.2. The monoisotopic (exact) mass is 831 g/mol. The van der Waals surface area contributed by atoms with E-state index in [9.17, 15) is 27.6 Å². The van der Waals surface area contributed by atoms with Gasteiger partial charge in [0.1, 0.15) is 40.8 Å². The number of alkyl carbamates (subject to hydrolysis) is 1. The average molecular weight is 832 g/mol. The number of hydrogen-bond acceptors (Lipinski definition) is 10. The van der Waals surface area contributed by atoms with E-state index >= 15 is 0 Å². The number of carbonyl (C=O) groups is 4. The third-order valence-corrected chi connectivity index (χ3v) is 14.4. The highest BCUT2D eigenvalue weighted by Gasteiger charge is 2.79. The van der Waals surface area contributed by atoms with Crippen LogP contribution >= 0.6 is 0 Å². The second kappa shape index (κ2) is 15.0. The topological polar surface area (TPSA) is 182 Å². The lowest BCUT2D eigenvalue weighted by molar-refractivity contribution is -0.143. The first-order chi connectivity index (χ1) is 27.7. The van der Waals surface area contributed by atoms with Gasteiger partial charge in [0.15, 0.2) is 0 Å². The molecule has 59 heavy (non-hydrogen) atoms. The summed E-state index contributed by atoms with van der Waals surface area (Å²) in [6.45, 7) is 12.5. The predicted octanol–water partition coefficient (Wildman–Crippen LogP) is 6.02. The fourth-order valence-electron chi connectivity index (χ4n) is 8.58. The summed E-state index contributed by atoms with van der Waals surface area (Å²) in [7, 11) is -2.42. The third kappa shape index (κ3) is 8.31. The van der Waals surface area contributed by atoms with E-state index in [1.54, 1.807) is 54.7 Å². The maximum Gasteiger partial charge on any atom is 0.408 e. The Kier molecular flexibility index (Phi) is 10.7. The number of likely N-dealkylation sites (tertiary alicyclic amines) is 1. The minimum atomic E-state index is -4.00. The van der Waals surface area contributed by atoms with E-state index in [0.717, 1.165) is 5.56 Å². The molecule has 7 rings (SSSR count). The number of nitrogens with one attached hydrogen (secondary N) is 3. The summed E-state index contributed by atoms with van der Waals surface area (Å²) in [6, 6.07) is 14.7. The molecule has 4 fully saturated rings. The molecule has 4 aliphatic rings. The Balaban J connectivity index is 1.21. The van der Waals surface area contributed by atoms with Crippen molar-refractivity contribution in [3.63, 3.8) is 0 Å². The van der Waals surface area contributed by atoms with Crippen molar-refractivity contribution in [2.75, 3.05) is 13.7 Å². The number of hydrogen-bond donors (Lipinski definition) is 3. The summed E-state index contributed by atoms with van der Waals surface area (Å²) in [5, 5.41) is 6.43. The van der Waals surface area contributed by atoms with E-state index in [4.69, 9.17) is 19.2 Å². The normalized spacial score (nSPS) is 23.2. The van der Waals surface area contributed by atoms with E-state index in [1.165, 1.54) is 4.90 Å². The van der Waals surface area contributed by atoms with Crippen molar-refractivity contribution in [1.29, 1.82) is 0 Å². The number of pyridine rings is 1. The molecular weight excluding hydrogens is 775 g/mol. The molecule has 4 unspecified atom stereocenters. The summed E-state index contributed by atoms with van der Waals surface area (Å²) < 4.78 is 46.3. The minimum absolute atomic E-state index is 0.0294. The maximum absolute atomic E-state index is 14.8. The lowest BCUT2D eigenvalue weighted by atomic mass is 9.85. The number of rotatable bonds is 13. The number of benzene rings is 2. The van der Waals surface area contributed by atoms with Crippen LogP contribution in [0, 0.1) is 10.8 Å². The van der Waals surface area contributed by atoms with E-state index in [2.05, 4.69) is 15.4 Å². The van der Waals surface area contributed by atoms with Gasteiger partial charge in [-0.15, -0.1) is 0 Å². The summed E-state index contributed by atoms with van der Waals surface area (Å²) in [6.07, 6.45) is 2.24. The van der Waals surface area contributed by atoms with Crippen molar-refractivity contribution in [2.24, 2.45) is 10.8 Å². The Morgan fingerprint density at radius 1 is 0.966 bits per heavy atom. The molecule has 3 aliphatic carbocycles. The Bertz CT molecular complexity index is 2260. The fraction of sp³-hybridized carbons (Fsp3) is 0.568. The summed E-state index contributed by atoms with van der Waals surface area (Å²) in [5.41, 5.74) is -1.50. The largest absolute Gasteiger partial charge is 0.497 e. The summed E-state index contributed by atoms with van der Waals surface area (Å²) >= 11 is 0. The van der Waals surface area contributed by atoms with E-state index < -0.39 is 78.7 Å². The van der Waals surface area contributed by atoms with Crippen LogP contribution in [0.4, 0.5) is 4.79 Å². The van der Waals surface area contributed by atoms with Crippen LogP contribution in [-0.2, 0) is 29.1 Å². The molecule has 1 saturated heterocycles. The Labute approximate surface area is 346 Å². The highest BCUT2D eigenvalue weighted by molar-refractivity contribution is 7.91. The second-order valence-corrected chi connectivity index (χ2v) is 21.0. The Morgan fingerprint density at radius 2 is 1.66 bits per heavy atom. The average Bonchev–Trinajstić information content (AvgIpc) is 4.12. The number of methoxy groups -OCH3 is 1. The van der Waals surface area contributed by atoms with Gasteiger partial charge < -0.3 is 29.7 Å². The molecule has 4 atom stereocenters. The number of nitrogens with zero attached hydrogens (tertiary/aromatic N) is 2. The van der Waals surface area contributed by atoms with E-state index in [0.29, 0.717) is 73.0 Å². The van der Waals surface area contributed by atoms with Crippen LogP contribution in [0.25, 0.3) is 22.2 Å². The van der Waals surface area contributed by atoms with Crippen molar-refractivity contribution in [2.45, 2.75) is 134 Å². The van der Waals surface area contributed by atoms with Gasteiger partial charge in [-0.05, 0) is 76.8 Å². The molecule has 318 valence electrons. The van der Waals surface area contributed by atoms with Gasteiger partial charge in [0, 0.05) is 34.9 Å². The molecule has 2 heterocycles.